The van der Waals surface area contributed by atoms with Crippen molar-refractivity contribution in [1.29, 1.82) is 0 Å². The molecule has 5 nitrogen and oxygen atoms in total. The monoisotopic (exact) mass is 322 g/mol. The van der Waals surface area contributed by atoms with Crippen LogP contribution in [0.25, 0.3) is 0 Å². The Morgan fingerprint density at radius 1 is 1.17 bits per heavy atom. The fourth-order valence-electron chi connectivity index (χ4n) is 2.06. The topological polar surface area (TPSA) is 61.8 Å². The van der Waals surface area contributed by atoms with Gasteiger partial charge in [0.05, 0.1) is 6.10 Å². The molecule has 0 aromatic heterocycles. The normalized spacial score (nSPS) is 35.9. The van der Waals surface area contributed by atoms with Crippen molar-refractivity contribution in [3.8, 4) is 0 Å². The van der Waals surface area contributed by atoms with Crippen molar-refractivity contribution in [2.75, 3.05) is 0 Å². The predicted octanol–water partition coefficient (Wildman–Crippen LogP) is 2.02. The number of esters is 2. The molecule has 0 amide bonds. The number of carbonyl (C=O) groups is 2. The molecule has 104 valence electrons. The van der Waals surface area contributed by atoms with Crippen LogP contribution in [0.2, 0.25) is 0 Å². The van der Waals surface area contributed by atoms with Crippen molar-refractivity contribution < 1.29 is 23.8 Å². The Balaban J connectivity index is 2.92. The molecule has 18 heavy (non-hydrogen) atoms. The van der Waals surface area contributed by atoms with Gasteiger partial charge < -0.3 is 14.2 Å². The maximum Gasteiger partial charge on any atom is 0.303 e. The fourth-order valence-corrected chi connectivity index (χ4v) is 2.64. The van der Waals surface area contributed by atoms with Gasteiger partial charge in [0.25, 0.3) is 0 Å². The highest BCUT2D eigenvalue weighted by Gasteiger charge is 2.46. The van der Waals surface area contributed by atoms with Gasteiger partial charge in [0.1, 0.15) is 11.1 Å². The summed E-state index contributed by atoms with van der Waals surface area (Å²) >= 11 is 3.40. The molecule has 0 saturated carbocycles. The lowest BCUT2D eigenvalue weighted by Gasteiger charge is -2.42. The maximum absolute atomic E-state index is 11.2. The van der Waals surface area contributed by atoms with Gasteiger partial charge >= 0.3 is 11.9 Å². The Kier molecular flexibility index (Phi) is 5.59. The Hall–Kier alpha value is -0.620. The number of carbonyl (C=O) groups excluding carboxylic acids is 2. The van der Waals surface area contributed by atoms with E-state index in [9.17, 15) is 9.59 Å². The van der Waals surface area contributed by atoms with Crippen molar-refractivity contribution in [2.45, 2.75) is 57.4 Å². The van der Waals surface area contributed by atoms with Crippen LogP contribution in [0, 0.1) is 5.92 Å². The fraction of sp³-hybridized carbons (Fsp3) is 0.833. The summed E-state index contributed by atoms with van der Waals surface area (Å²) in [5.41, 5.74) is 0. The molecule has 0 N–H and O–H groups in total. The quantitative estimate of drug-likeness (QED) is 0.587. The minimum absolute atomic E-state index is 0.0963. The van der Waals surface area contributed by atoms with Gasteiger partial charge in [0.2, 0.25) is 0 Å². The van der Waals surface area contributed by atoms with Crippen LogP contribution < -0.4 is 0 Å². The van der Waals surface area contributed by atoms with Crippen LogP contribution >= 0.6 is 15.9 Å². The molecule has 0 bridgehead atoms. The molecule has 1 fully saturated rings. The van der Waals surface area contributed by atoms with Gasteiger partial charge in [-0.25, -0.2) is 0 Å². The molecule has 0 radical (unpaired) electrons. The molecule has 5 atom stereocenters. The molecule has 0 aliphatic carbocycles. The zero-order valence-electron chi connectivity index (χ0n) is 11.0. The minimum Gasteiger partial charge on any atom is -0.458 e. The molecule has 1 aliphatic heterocycles. The average molecular weight is 323 g/mol. The summed E-state index contributed by atoms with van der Waals surface area (Å²) in [4.78, 5) is 22.3. The second-order valence-corrected chi connectivity index (χ2v) is 5.34. The summed E-state index contributed by atoms with van der Waals surface area (Å²) in [5.74, 6) is -0.888. The molecule has 1 heterocycles. The number of ether oxygens (including phenoxy) is 3. The van der Waals surface area contributed by atoms with Gasteiger partial charge in [0, 0.05) is 19.8 Å². The molecular weight excluding hydrogens is 304 g/mol. The third-order valence-corrected chi connectivity index (χ3v) is 3.98. The van der Waals surface area contributed by atoms with Crippen LogP contribution in [0.5, 0.6) is 0 Å². The van der Waals surface area contributed by atoms with Crippen LogP contribution in [0.1, 0.15) is 34.1 Å². The molecule has 2 unspecified atom stereocenters. The highest BCUT2D eigenvalue weighted by Crippen LogP contribution is 2.34. The standard InChI is InChI=1S/C12H19BrO5/c1-5-9-11(17-8(4)15)10(16-7(3)14)6(2)12(13)18-9/h6,9-12H,5H2,1-4H3/t6-,9?,10?,11+,12-/m1/s1. The SMILES string of the molecule is CCC1O[C@@H](Br)[C@H](C)C(OC(C)=O)[C@H]1OC(C)=O. The van der Waals surface area contributed by atoms with Gasteiger partial charge in [-0.1, -0.05) is 29.8 Å². The summed E-state index contributed by atoms with van der Waals surface area (Å²) in [6.45, 7) is 6.50. The van der Waals surface area contributed by atoms with Crippen LogP contribution in [0.4, 0.5) is 0 Å². The van der Waals surface area contributed by atoms with E-state index < -0.39 is 18.2 Å². The summed E-state index contributed by atoms with van der Waals surface area (Å²) < 4.78 is 16.3. The van der Waals surface area contributed by atoms with Crippen molar-refractivity contribution >= 4 is 27.9 Å². The van der Waals surface area contributed by atoms with Crippen LogP contribution in [-0.4, -0.2) is 35.3 Å². The molecule has 0 spiro atoms. The zero-order chi connectivity index (χ0) is 13.9. The van der Waals surface area contributed by atoms with Crippen molar-refractivity contribution in [2.24, 2.45) is 5.92 Å². The third kappa shape index (κ3) is 3.68. The second kappa shape index (κ2) is 6.52. The first-order chi connectivity index (χ1) is 8.36. The Morgan fingerprint density at radius 2 is 1.67 bits per heavy atom. The van der Waals surface area contributed by atoms with Gasteiger partial charge in [-0.2, -0.15) is 0 Å². The predicted molar refractivity (Wildman–Crippen MR) is 68.2 cm³/mol. The van der Waals surface area contributed by atoms with Gasteiger partial charge in [0.15, 0.2) is 6.10 Å². The van der Waals surface area contributed by atoms with E-state index in [0.29, 0.717) is 6.42 Å². The maximum atomic E-state index is 11.2. The van der Waals surface area contributed by atoms with E-state index in [1.165, 1.54) is 13.8 Å². The van der Waals surface area contributed by atoms with Crippen LogP contribution in [0.15, 0.2) is 0 Å². The van der Waals surface area contributed by atoms with E-state index in [1.54, 1.807) is 0 Å². The Morgan fingerprint density at radius 3 is 2.11 bits per heavy atom. The van der Waals surface area contributed by atoms with E-state index in [1.807, 2.05) is 13.8 Å². The van der Waals surface area contributed by atoms with Crippen LogP contribution in [-0.2, 0) is 23.8 Å². The van der Waals surface area contributed by atoms with E-state index in [-0.39, 0.29) is 23.0 Å². The number of halogens is 1. The van der Waals surface area contributed by atoms with E-state index in [2.05, 4.69) is 15.9 Å². The minimum atomic E-state index is -0.555. The van der Waals surface area contributed by atoms with Crippen molar-refractivity contribution in [1.82, 2.24) is 0 Å². The van der Waals surface area contributed by atoms with Crippen molar-refractivity contribution in [3.63, 3.8) is 0 Å². The average Bonchev–Trinajstić information content (AvgIpc) is 2.27. The van der Waals surface area contributed by atoms with Gasteiger partial charge in [-0.05, 0) is 6.42 Å². The lowest BCUT2D eigenvalue weighted by molar-refractivity contribution is -0.209. The van der Waals surface area contributed by atoms with E-state index in [4.69, 9.17) is 14.2 Å². The lowest BCUT2D eigenvalue weighted by Crippen LogP contribution is -2.54. The first-order valence-electron chi connectivity index (χ1n) is 6.00. The Bertz CT molecular complexity index is 304. The van der Waals surface area contributed by atoms with Crippen molar-refractivity contribution in [3.05, 3.63) is 0 Å². The third-order valence-electron chi connectivity index (χ3n) is 2.93. The second-order valence-electron chi connectivity index (χ2n) is 4.44. The number of rotatable bonds is 3. The first-order valence-corrected chi connectivity index (χ1v) is 6.92. The highest BCUT2D eigenvalue weighted by atomic mass is 79.9. The number of hydrogen-bond acceptors (Lipinski definition) is 5. The highest BCUT2D eigenvalue weighted by molar-refractivity contribution is 9.09. The van der Waals surface area contributed by atoms with E-state index in [0.717, 1.165) is 0 Å². The summed E-state index contributed by atoms with van der Waals surface area (Å²) in [7, 11) is 0. The molecule has 1 aliphatic rings. The molecule has 1 rings (SSSR count). The van der Waals surface area contributed by atoms with Gasteiger partial charge in [-0.15, -0.1) is 0 Å². The van der Waals surface area contributed by atoms with Gasteiger partial charge in [-0.3, -0.25) is 9.59 Å². The zero-order valence-corrected chi connectivity index (χ0v) is 12.6. The summed E-state index contributed by atoms with van der Waals surface area (Å²) in [6, 6.07) is 0. The van der Waals surface area contributed by atoms with Crippen LogP contribution in [0.3, 0.4) is 0 Å². The summed E-state index contributed by atoms with van der Waals surface area (Å²) in [5, 5.41) is -0.224. The Labute approximate surface area is 115 Å². The first kappa shape index (κ1) is 15.4. The number of hydrogen-bond donors (Lipinski definition) is 0. The molecule has 6 heteroatoms. The lowest BCUT2D eigenvalue weighted by atomic mass is 9.92. The molecule has 1 saturated heterocycles. The molecular formula is C12H19BrO5. The molecule has 0 aromatic carbocycles. The largest absolute Gasteiger partial charge is 0.458 e. The van der Waals surface area contributed by atoms with E-state index >= 15 is 0 Å². The smallest absolute Gasteiger partial charge is 0.303 e. The number of alkyl halides is 1. The molecule has 0 aromatic rings. The summed E-state index contributed by atoms with van der Waals surface area (Å²) in [6.07, 6.45) is -0.654.